The van der Waals surface area contributed by atoms with Gasteiger partial charge in [-0.15, -0.1) is 0 Å². The first-order valence-electron chi connectivity index (χ1n) is 7.28. The average Bonchev–Trinajstić information content (AvgIpc) is 2.47. The zero-order valence-electron chi connectivity index (χ0n) is 12.3. The van der Waals surface area contributed by atoms with E-state index in [0.29, 0.717) is 52.2 Å². The molecule has 0 aromatic carbocycles. The highest BCUT2D eigenvalue weighted by molar-refractivity contribution is 5.81. The van der Waals surface area contributed by atoms with Gasteiger partial charge < -0.3 is 14.7 Å². The number of likely N-dealkylation sites (tertiary alicyclic amines) is 1. The van der Waals surface area contributed by atoms with E-state index in [0.717, 1.165) is 0 Å². The lowest BCUT2D eigenvalue weighted by molar-refractivity contribution is -0.152. The van der Waals surface area contributed by atoms with Crippen molar-refractivity contribution in [3.05, 3.63) is 0 Å². The Morgan fingerprint density at radius 1 is 1.15 bits per heavy atom. The molecule has 20 heavy (non-hydrogen) atoms. The molecule has 0 aliphatic carbocycles. The topological polar surface area (TPSA) is 70.1 Å². The van der Waals surface area contributed by atoms with Gasteiger partial charge in [0.2, 0.25) is 5.91 Å². The maximum Gasteiger partial charge on any atom is 0.309 e. The molecule has 6 heteroatoms. The van der Waals surface area contributed by atoms with Crippen LogP contribution in [0.25, 0.3) is 0 Å². The molecular weight excluding hydrogens is 260 g/mol. The van der Waals surface area contributed by atoms with Crippen molar-refractivity contribution in [2.45, 2.75) is 32.7 Å². The van der Waals surface area contributed by atoms with Gasteiger partial charge in [0.05, 0.1) is 24.7 Å². The zero-order chi connectivity index (χ0) is 14.8. The SMILES string of the molecule is CC(C(=O)N1CCOCC1)N1CCC(C)(C(=O)O)CC1. The summed E-state index contributed by atoms with van der Waals surface area (Å²) in [4.78, 5) is 27.6. The second-order valence-electron chi connectivity index (χ2n) is 6.02. The zero-order valence-corrected chi connectivity index (χ0v) is 12.3. The van der Waals surface area contributed by atoms with E-state index in [1.54, 1.807) is 6.92 Å². The fraction of sp³-hybridized carbons (Fsp3) is 0.857. The van der Waals surface area contributed by atoms with E-state index in [1.165, 1.54) is 0 Å². The Kier molecular flexibility index (Phi) is 4.65. The van der Waals surface area contributed by atoms with Crippen molar-refractivity contribution in [2.75, 3.05) is 39.4 Å². The first kappa shape index (κ1) is 15.3. The molecule has 2 fully saturated rings. The quantitative estimate of drug-likeness (QED) is 0.813. The fourth-order valence-electron chi connectivity index (χ4n) is 2.82. The molecule has 114 valence electrons. The Hall–Kier alpha value is -1.14. The third-order valence-corrected chi connectivity index (χ3v) is 4.65. The van der Waals surface area contributed by atoms with Crippen molar-refractivity contribution in [1.29, 1.82) is 0 Å². The minimum Gasteiger partial charge on any atom is -0.481 e. The Morgan fingerprint density at radius 3 is 2.20 bits per heavy atom. The summed E-state index contributed by atoms with van der Waals surface area (Å²) in [6.45, 7) is 7.57. The van der Waals surface area contributed by atoms with E-state index in [-0.39, 0.29) is 11.9 Å². The summed E-state index contributed by atoms with van der Waals surface area (Å²) >= 11 is 0. The van der Waals surface area contributed by atoms with Crippen molar-refractivity contribution < 1.29 is 19.4 Å². The average molecular weight is 284 g/mol. The van der Waals surface area contributed by atoms with Gasteiger partial charge in [-0.05, 0) is 39.8 Å². The van der Waals surface area contributed by atoms with Gasteiger partial charge in [-0.25, -0.2) is 0 Å². The lowest BCUT2D eigenvalue weighted by Gasteiger charge is -2.40. The summed E-state index contributed by atoms with van der Waals surface area (Å²) in [5.41, 5.74) is -0.641. The van der Waals surface area contributed by atoms with Gasteiger partial charge in [0.25, 0.3) is 0 Å². The minimum absolute atomic E-state index is 0.132. The van der Waals surface area contributed by atoms with Gasteiger partial charge in [-0.1, -0.05) is 0 Å². The molecule has 0 aromatic rings. The van der Waals surface area contributed by atoms with Crippen molar-refractivity contribution in [1.82, 2.24) is 9.80 Å². The molecule has 0 aromatic heterocycles. The summed E-state index contributed by atoms with van der Waals surface area (Å²) in [6, 6.07) is -0.175. The summed E-state index contributed by atoms with van der Waals surface area (Å²) in [5.74, 6) is -0.600. The van der Waals surface area contributed by atoms with Crippen LogP contribution in [-0.4, -0.2) is 72.2 Å². The third-order valence-electron chi connectivity index (χ3n) is 4.65. The van der Waals surface area contributed by atoms with Gasteiger partial charge in [0, 0.05) is 13.1 Å². The first-order chi connectivity index (χ1) is 9.44. The second-order valence-corrected chi connectivity index (χ2v) is 6.02. The summed E-state index contributed by atoms with van der Waals surface area (Å²) < 4.78 is 5.26. The Labute approximate surface area is 119 Å². The number of carbonyl (C=O) groups is 2. The number of carbonyl (C=O) groups excluding carboxylic acids is 1. The fourth-order valence-corrected chi connectivity index (χ4v) is 2.82. The van der Waals surface area contributed by atoms with Gasteiger partial charge >= 0.3 is 5.97 Å². The van der Waals surface area contributed by atoms with Gasteiger partial charge in [-0.3, -0.25) is 14.5 Å². The van der Waals surface area contributed by atoms with Crippen molar-refractivity contribution >= 4 is 11.9 Å². The van der Waals surface area contributed by atoms with E-state index >= 15 is 0 Å². The van der Waals surface area contributed by atoms with E-state index in [9.17, 15) is 14.7 Å². The normalized spacial score (nSPS) is 25.2. The van der Waals surface area contributed by atoms with Crippen LogP contribution in [0.3, 0.4) is 0 Å². The standard InChI is InChI=1S/C14H24N2O4/c1-11(12(17)16-7-9-20-10-8-16)15-5-3-14(2,4-6-15)13(18)19/h11H,3-10H2,1-2H3,(H,18,19). The molecule has 0 saturated carbocycles. The van der Waals surface area contributed by atoms with E-state index in [2.05, 4.69) is 4.90 Å². The Morgan fingerprint density at radius 2 is 1.70 bits per heavy atom. The summed E-state index contributed by atoms with van der Waals surface area (Å²) in [6.07, 6.45) is 1.20. The maximum atomic E-state index is 12.4. The van der Waals surface area contributed by atoms with E-state index < -0.39 is 11.4 Å². The van der Waals surface area contributed by atoms with Crippen LogP contribution in [0.1, 0.15) is 26.7 Å². The smallest absolute Gasteiger partial charge is 0.309 e. The number of hydrogen-bond donors (Lipinski definition) is 1. The number of hydrogen-bond acceptors (Lipinski definition) is 4. The number of rotatable bonds is 3. The third kappa shape index (κ3) is 3.12. The molecule has 1 atom stereocenters. The highest BCUT2D eigenvalue weighted by atomic mass is 16.5. The number of ether oxygens (including phenoxy) is 1. The van der Waals surface area contributed by atoms with Crippen molar-refractivity contribution in [3.63, 3.8) is 0 Å². The van der Waals surface area contributed by atoms with E-state index in [1.807, 2.05) is 11.8 Å². The molecule has 2 heterocycles. The number of aliphatic carboxylic acids is 1. The van der Waals surface area contributed by atoms with Gasteiger partial charge in [0.1, 0.15) is 0 Å². The Balaban J connectivity index is 1.89. The molecule has 2 aliphatic heterocycles. The number of morpholine rings is 1. The van der Waals surface area contributed by atoms with Crippen LogP contribution in [0.5, 0.6) is 0 Å². The van der Waals surface area contributed by atoms with Gasteiger partial charge in [-0.2, -0.15) is 0 Å². The largest absolute Gasteiger partial charge is 0.481 e. The minimum atomic E-state index is -0.732. The summed E-state index contributed by atoms with van der Waals surface area (Å²) in [5, 5.41) is 9.23. The molecule has 6 nitrogen and oxygen atoms in total. The number of carboxylic acids is 1. The van der Waals surface area contributed by atoms with Crippen LogP contribution >= 0.6 is 0 Å². The van der Waals surface area contributed by atoms with Crippen molar-refractivity contribution in [3.8, 4) is 0 Å². The molecule has 1 unspecified atom stereocenters. The number of nitrogens with zero attached hydrogens (tertiary/aromatic N) is 2. The van der Waals surface area contributed by atoms with Crippen LogP contribution in [0.15, 0.2) is 0 Å². The van der Waals surface area contributed by atoms with Crippen molar-refractivity contribution in [2.24, 2.45) is 5.41 Å². The lowest BCUT2D eigenvalue weighted by Crippen LogP contribution is -2.54. The highest BCUT2D eigenvalue weighted by Gasteiger charge is 2.39. The molecule has 1 N–H and O–H groups in total. The number of piperidine rings is 1. The first-order valence-corrected chi connectivity index (χ1v) is 7.28. The monoisotopic (exact) mass is 284 g/mol. The van der Waals surface area contributed by atoms with Crippen LogP contribution in [0.4, 0.5) is 0 Å². The molecular formula is C14H24N2O4. The lowest BCUT2D eigenvalue weighted by atomic mass is 9.80. The maximum absolute atomic E-state index is 12.4. The molecule has 0 radical (unpaired) electrons. The van der Waals surface area contributed by atoms with Gasteiger partial charge in [0.15, 0.2) is 0 Å². The van der Waals surface area contributed by atoms with Crippen LogP contribution in [0.2, 0.25) is 0 Å². The van der Waals surface area contributed by atoms with E-state index in [4.69, 9.17) is 4.74 Å². The Bertz CT molecular complexity index is 371. The van der Waals surface area contributed by atoms with Crippen LogP contribution < -0.4 is 0 Å². The van der Waals surface area contributed by atoms with Crippen LogP contribution in [-0.2, 0) is 14.3 Å². The second kappa shape index (κ2) is 6.10. The number of amides is 1. The molecule has 2 saturated heterocycles. The molecule has 2 aliphatic rings. The van der Waals surface area contributed by atoms with Crippen LogP contribution in [0, 0.1) is 5.41 Å². The predicted octanol–water partition coefficient (Wildman–Crippen LogP) is 0.420. The molecule has 2 rings (SSSR count). The molecule has 1 amide bonds. The summed E-state index contributed by atoms with van der Waals surface area (Å²) in [7, 11) is 0. The predicted molar refractivity (Wildman–Crippen MR) is 73.4 cm³/mol. The molecule has 0 spiro atoms. The number of carboxylic acid groups (broad SMARTS) is 1. The molecule has 0 bridgehead atoms. The highest BCUT2D eigenvalue weighted by Crippen LogP contribution is 2.31.